The highest BCUT2D eigenvalue weighted by atomic mass is 16.5. The molecule has 5 nitrogen and oxygen atoms in total. The Balaban J connectivity index is 1.81. The molecule has 0 aliphatic rings. The van der Waals surface area contributed by atoms with Gasteiger partial charge in [-0.3, -0.25) is 0 Å². The van der Waals surface area contributed by atoms with Crippen LogP contribution in [0.3, 0.4) is 0 Å². The number of hydrogen-bond acceptors (Lipinski definition) is 4. The Morgan fingerprint density at radius 1 is 1.15 bits per heavy atom. The van der Waals surface area contributed by atoms with E-state index in [2.05, 4.69) is 4.98 Å². The lowest BCUT2D eigenvalue weighted by molar-refractivity contribution is 0.0691. The highest BCUT2D eigenvalue weighted by molar-refractivity contribution is 5.90. The van der Waals surface area contributed by atoms with Gasteiger partial charge in [0.25, 0.3) is 0 Å². The van der Waals surface area contributed by atoms with Crippen molar-refractivity contribution in [3.63, 3.8) is 0 Å². The Bertz CT molecular complexity index is 730. The van der Waals surface area contributed by atoms with Crippen LogP contribution in [0.25, 0.3) is 11.1 Å². The third kappa shape index (κ3) is 2.33. The fourth-order valence-corrected chi connectivity index (χ4v) is 1.89. The first-order valence-electron chi connectivity index (χ1n) is 6.03. The third-order valence-corrected chi connectivity index (χ3v) is 2.81. The Labute approximate surface area is 114 Å². The minimum Gasteiger partial charge on any atom is -0.483 e. The van der Waals surface area contributed by atoms with Crippen molar-refractivity contribution in [2.45, 2.75) is 6.61 Å². The molecule has 0 saturated heterocycles. The standard InChI is InChI=1S/C15H11NO4/c17-15(18)10-5-1-3-7-12(10)19-9-14-16-11-6-2-4-8-13(11)20-14/h1-8H,9H2,(H,17,18). The van der Waals surface area contributed by atoms with Crippen molar-refractivity contribution >= 4 is 17.1 Å². The topological polar surface area (TPSA) is 72.6 Å². The van der Waals surface area contributed by atoms with E-state index >= 15 is 0 Å². The number of oxazole rings is 1. The van der Waals surface area contributed by atoms with Crippen LogP contribution in [0.1, 0.15) is 16.2 Å². The molecule has 0 aliphatic carbocycles. The van der Waals surface area contributed by atoms with Crippen LogP contribution in [0.2, 0.25) is 0 Å². The number of rotatable bonds is 4. The zero-order chi connectivity index (χ0) is 13.9. The number of ether oxygens (including phenoxy) is 1. The minimum atomic E-state index is -1.03. The number of carboxylic acid groups (broad SMARTS) is 1. The van der Waals surface area contributed by atoms with Crippen molar-refractivity contribution in [3.05, 3.63) is 60.0 Å². The molecule has 3 rings (SSSR count). The van der Waals surface area contributed by atoms with Crippen LogP contribution in [0.5, 0.6) is 5.75 Å². The predicted octanol–water partition coefficient (Wildman–Crippen LogP) is 3.11. The smallest absolute Gasteiger partial charge is 0.339 e. The average Bonchev–Trinajstić information content (AvgIpc) is 2.88. The maximum Gasteiger partial charge on any atom is 0.339 e. The number of nitrogens with zero attached hydrogens (tertiary/aromatic N) is 1. The quantitative estimate of drug-likeness (QED) is 0.787. The summed E-state index contributed by atoms with van der Waals surface area (Å²) in [5.74, 6) is -0.327. The van der Waals surface area contributed by atoms with Gasteiger partial charge in [0.2, 0.25) is 5.89 Å². The second-order valence-corrected chi connectivity index (χ2v) is 4.17. The van der Waals surface area contributed by atoms with Crippen molar-refractivity contribution in [3.8, 4) is 5.75 Å². The summed E-state index contributed by atoms with van der Waals surface area (Å²) in [6.07, 6.45) is 0. The molecule has 0 bridgehead atoms. The van der Waals surface area contributed by atoms with Gasteiger partial charge in [0, 0.05) is 0 Å². The average molecular weight is 269 g/mol. The van der Waals surface area contributed by atoms with Gasteiger partial charge in [-0.1, -0.05) is 24.3 Å². The number of para-hydroxylation sites is 3. The van der Waals surface area contributed by atoms with Crippen molar-refractivity contribution in [2.75, 3.05) is 0 Å². The zero-order valence-electron chi connectivity index (χ0n) is 10.4. The van der Waals surface area contributed by atoms with Crippen LogP contribution < -0.4 is 4.74 Å². The fraction of sp³-hybridized carbons (Fsp3) is 0.0667. The van der Waals surface area contributed by atoms with Gasteiger partial charge in [0.15, 0.2) is 12.2 Å². The summed E-state index contributed by atoms with van der Waals surface area (Å²) in [7, 11) is 0. The molecule has 0 amide bonds. The first kappa shape index (κ1) is 12.2. The van der Waals surface area contributed by atoms with E-state index in [1.54, 1.807) is 18.2 Å². The lowest BCUT2D eigenvalue weighted by Crippen LogP contribution is -2.03. The number of hydrogen-bond donors (Lipinski definition) is 1. The molecule has 0 atom stereocenters. The summed E-state index contributed by atoms with van der Waals surface area (Å²) < 4.78 is 11.0. The molecule has 0 radical (unpaired) electrons. The van der Waals surface area contributed by atoms with Crippen LogP contribution in [0.15, 0.2) is 52.9 Å². The molecule has 100 valence electrons. The lowest BCUT2D eigenvalue weighted by atomic mass is 10.2. The van der Waals surface area contributed by atoms with Crippen molar-refractivity contribution in [1.82, 2.24) is 4.98 Å². The molecular weight excluding hydrogens is 258 g/mol. The maximum atomic E-state index is 11.1. The molecule has 1 N–H and O–H groups in total. The first-order chi connectivity index (χ1) is 9.74. The highest BCUT2D eigenvalue weighted by Crippen LogP contribution is 2.20. The minimum absolute atomic E-state index is 0.0823. The summed E-state index contributed by atoms with van der Waals surface area (Å²) in [6, 6.07) is 13.8. The molecule has 0 unspecified atom stereocenters. The number of carboxylic acids is 1. The number of fused-ring (bicyclic) bond motifs is 1. The molecule has 3 aromatic rings. The van der Waals surface area contributed by atoms with E-state index in [-0.39, 0.29) is 12.2 Å². The summed E-state index contributed by atoms with van der Waals surface area (Å²) >= 11 is 0. The van der Waals surface area contributed by atoms with Crippen LogP contribution in [0, 0.1) is 0 Å². The van der Waals surface area contributed by atoms with E-state index in [0.29, 0.717) is 17.2 Å². The van der Waals surface area contributed by atoms with Gasteiger partial charge in [0.1, 0.15) is 16.8 Å². The molecule has 20 heavy (non-hydrogen) atoms. The largest absolute Gasteiger partial charge is 0.483 e. The lowest BCUT2D eigenvalue weighted by Gasteiger charge is -2.06. The van der Waals surface area contributed by atoms with Gasteiger partial charge >= 0.3 is 5.97 Å². The zero-order valence-corrected chi connectivity index (χ0v) is 10.4. The molecule has 2 aromatic carbocycles. The maximum absolute atomic E-state index is 11.1. The van der Waals surface area contributed by atoms with Gasteiger partial charge in [-0.05, 0) is 24.3 Å². The van der Waals surface area contributed by atoms with Gasteiger partial charge < -0.3 is 14.3 Å². The SMILES string of the molecule is O=C(O)c1ccccc1OCc1nc2ccccc2o1. The molecule has 0 fully saturated rings. The van der Waals surface area contributed by atoms with Crippen LogP contribution in [-0.4, -0.2) is 16.1 Å². The monoisotopic (exact) mass is 269 g/mol. The first-order valence-corrected chi connectivity index (χ1v) is 6.03. The van der Waals surface area contributed by atoms with E-state index in [4.69, 9.17) is 14.3 Å². The number of carbonyl (C=O) groups is 1. The van der Waals surface area contributed by atoms with Gasteiger partial charge in [0.05, 0.1) is 0 Å². The molecule has 0 saturated carbocycles. The number of benzene rings is 2. The van der Waals surface area contributed by atoms with Gasteiger partial charge in [-0.2, -0.15) is 0 Å². The van der Waals surface area contributed by atoms with Crippen LogP contribution in [-0.2, 0) is 6.61 Å². The molecule has 5 heteroatoms. The van der Waals surface area contributed by atoms with Gasteiger partial charge in [-0.15, -0.1) is 0 Å². The van der Waals surface area contributed by atoms with E-state index in [0.717, 1.165) is 5.52 Å². The normalized spacial score (nSPS) is 10.6. The van der Waals surface area contributed by atoms with Crippen molar-refractivity contribution in [1.29, 1.82) is 0 Å². The Morgan fingerprint density at radius 2 is 1.90 bits per heavy atom. The highest BCUT2D eigenvalue weighted by Gasteiger charge is 2.12. The van der Waals surface area contributed by atoms with E-state index < -0.39 is 5.97 Å². The molecular formula is C15H11NO4. The Kier molecular flexibility index (Phi) is 3.09. The van der Waals surface area contributed by atoms with Crippen LogP contribution >= 0.6 is 0 Å². The molecule has 1 heterocycles. The summed E-state index contributed by atoms with van der Waals surface area (Å²) in [6.45, 7) is 0.0823. The van der Waals surface area contributed by atoms with Crippen molar-refractivity contribution in [2.24, 2.45) is 0 Å². The summed E-state index contributed by atoms with van der Waals surface area (Å²) in [5, 5.41) is 9.06. The molecule has 0 aliphatic heterocycles. The van der Waals surface area contributed by atoms with E-state index in [1.807, 2.05) is 24.3 Å². The summed E-state index contributed by atoms with van der Waals surface area (Å²) in [4.78, 5) is 15.3. The second kappa shape index (κ2) is 5.05. The molecule has 0 spiro atoms. The Morgan fingerprint density at radius 3 is 2.70 bits per heavy atom. The van der Waals surface area contributed by atoms with E-state index in [9.17, 15) is 4.79 Å². The van der Waals surface area contributed by atoms with E-state index in [1.165, 1.54) is 6.07 Å². The number of aromatic nitrogens is 1. The van der Waals surface area contributed by atoms with Crippen LogP contribution in [0.4, 0.5) is 0 Å². The predicted molar refractivity (Wildman–Crippen MR) is 71.7 cm³/mol. The second-order valence-electron chi connectivity index (χ2n) is 4.17. The molecule has 1 aromatic heterocycles. The van der Waals surface area contributed by atoms with Gasteiger partial charge in [-0.25, -0.2) is 9.78 Å². The fourth-order valence-electron chi connectivity index (χ4n) is 1.89. The third-order valence-electron chi connectivity index (χ3n) is 2.81. The summed E-state index contributed by atoms with van der Waals surface area (Å²) in [5.41, 5.74) is 1.54. The Hall–Kier alpha value is -2.82. The van der Waals surface area contributed by atoms with Crippen molar-refractivity contribution < 1.29 is 19.1 Å². The number of aromatic carboxylic acids is 1.